The van der Waals surface area contributed by atoms with E-state index >= 15 is 0 Å². The van der Waals surface area contributed by atoms with Crippen molar-refractivity contribution in [2.24, 2.45) is 0 Å². The molecular weight excluding hydrogens is 322 g/mol. The molecule has 0 spiro atoms. The van der Waals surface area contributed by atoms with Gasteiger partial charge in [0.15, 0.2) is 0 Å². The molecule has 0 bridgehead atoms. The second kappa shape index (κ2) is 6.83. The predicted octanol–water partition coefficient (Wildman–Crippen LogP) is 4.50. The van der Waals surface area contributed by atoms with Gasteiger partial charge >= 0.3 is 0 Å². The smallest absolute Gasteiger partial charge is 0.137 e. The van der Waals surface area contributed by atoms with Gasteiger partial charge < -0.3 is 14.0 Å². The molecule has 0 aliphatic heterocycles. The number of fused-ring (bicyclic) bond motifs is 1. The molecule has 5 heteroatoms. The highest BCUT2D eigenvalue weighted by Gasteiger charge is 2.15. The summed E-state index contributed by atoms with van der Waals surface area (Å²) in [5.41, 5.74) is 4.06. The summed E-state index contributed by atoms with van der Waals surface area (Å²) in [6.07, 6.45) is 2.08. The Bertz CT molecular complexity index is 838. The van der Waals surface area contributed by atoms with Crippen LogP contribution >= 0.6 is 11.6 Å². The highest BCUT2D eigenvalue weighted by Crippen LogP contribution is 2.28. The summed E-state index contributed by atoms with van der Waals surface area (Å²) in [4.78, 5) is 6.93. The molecule has 4 nitrogen and oxygen atoms in total. The van der Waals surface area contributed by atoms with Gasteiger partial charge in [0.25, 0.3) is 0 Å². The van der Waals surface area contributed by atoms with Crippen LogP contribution in [0.1, 0.15) is 19.5 Å². The minimum atomic E-state index is 0.164. The molecule has 1 aromatic carbocycles. The first kappa shape index (κ1) is 16.8. The van der Waals surface area contributed by atoms with Crippen LogP contribution < -0.4 is 4.74 Å². The van der Waals surface area contributed by atoms with E-state index < -0.39 is 0 Å². The number of hydrogen-bond donors (Lipinski definition) is 0. The maximum Gasteiger partial charge on any atom is 0.137 e. The van der Waals surface area contributed by atoms with Crippen molar-refractivity contribution in [3.05, 3.63) is 53.3 Å². The third-order valence-electron chi connectivity index (χ3n) is 3.65. The Labute approximate surface area is 147 Å². The molecule has 0 aliphatic rings. The Hall–Kier alpha value is -2.04. The monoisotopic (exact) mass is 343 g/mol. The first-order valence-corrected chi connectivity index (χ1v) is 8.40. The summed E-state index contributed by atoms with van der Waals surface area (Å²) in [7, 11) is 4.10. The lowest BCUT2D eigenvalue weighted by Gasteiger charge is -2.12. The number of nitrogens with zero attached hydrogens (tertiary/aromatic N) is 3. The molecule has 0 unspecified atom stereocenters. The summed E-state index contributed by atoms with van der Waals surface area (Å²) in [6, 6.07) is 11.9. The van der Waals surface area contributed by atoms with E-state index in [0.29, 0.717) is 5.02 Å². The summed E-state index contributed by atoms with van der Waals surface area (Å²) in [5.74, 6) is 0.870. The minimum Gasteiger partial charge on any atom is -0.491 e. The summed E-state index contributed by atoms with van der Waals surface area (Å²) < 4.78 is 7.79. The van der Waals surface area contributed by atoms with Gasteiger partial charge in [-0.25, -0.2) is 4.98 Å². The summed E-state index contributed by atoms with van der Waals surface area (Å²) >= 11 is 6.17. The lowest BCUT2D eigenvalue weighted by molar-refractivity contribution is 0.242. The normalized spacial score (nSPS) is 11.6. The first-order chi connectivity index (χ1) is 11.4. The van der Waals surface area contributed by atoms with Crippen molar-refractivity contribution in [1.29, 1.82) is 0 Å². The van der Waals surface area contributed by atoms with E-state index in [1.807, 2.05) is 58.4 Å². The molecule has 0 saturated heterocycles. The molecule has 0 radical (unpaired) electrons. The van der Waals surface area contributed by atoms with Crippen molar-refractivity contribution in [2.75, 3.05) is 14.1 Å². The Kier molecular flexibility index (Phi) is 4.78. The van der Waals surface area contributed by atoms with Gasteiger partial charge in [0.1, 0.15) is 11.4 Å². The van der Waals surface area contributed by atoms with Gasteiger partial charge in [0, 0.05) is 18.3 Å². The van der Waals surface area contributed by atoms with Crippen molar-refractivity contribution in [3.8, 4) is 17.0 Å². The number of aromatic nitrogens is 2. The average Bonchev–Trinajstić information content (AvgIpc) is 2.85. The van der Waals surface area contributed by atoms with Crippen LogP contribution in [0, 0.1) is 0 Å². The van der Waals surface area contributed by atoms with Gasteiger partial charge in [-0.2, -0.15) is 0 Å². The number of pyridine rings is 1. The molecule has 0 N–H and O–H groups in total. The third-order valence-corrected chi connectivity index (χ3v) is 3.87. The molecule has 0 saturated carbocycles. The number of hydrogen-bond acceptors (Lipinski definition) is 3. The van der Waals surface area contributed by atoms with Crippen molar-refractivity contribution >= 4 is 17.2 Å². The molecule has 0 atom stereocenters. The zero-order valence-electron chi connectivity index (χ0n) is 14.5. The van der Waals surface area contributed by atoms with Gasteiger partial charge in [-0.3, -0.25) is 0 Å². The summed E-state index contributed by atoms with van der Waals surface area (Å²) in [5, 5.41) is 0.701. The Morgan fingerprint density at radius 1 is 1.12 bits per heavy atom. The topological polar surface area (TPSA) is 29.8 Å². The maximum absolute atomic E-state index is 6.17. The fraction of sp³-hybridized carbons (Fsp3) is 0.316. The second-order valence-electron chi connectivity index (χ2n) is 6.41. The van der Waals surface area contributed by atoms with Crippen molar-refractivity contribution < 1.29 is 4.74 Å². The first-order valence-electron chi connectivity index (χ1n) is 8.02. The van der Waals surface area contributed by atoms with E-state index in [-0.39, 0.29) is 6.10 Å². The van der Waals surface area contributed by atoms with E-state index in [4.69, 9.17) is 21.3 Å². The largest absolute Gasteiger partial charge is 0.491 e. The molecule has 0 aliphatic carbocycles. The second-order valence-corrected chi connectivity index (χ2v) is 6.85. The molecule has 2 heterocycles. The Balaban J connectivity index is 2.07. The van der Waals surface area contributed by atoms with E-state index in [9.17, 15) is 0 Å². The van der Waals surface area contributed by atoms with E-state index in [0.717, 1.165) is 34.9 Å². The summed E-state index contributed by atoms with van der Waals surface area (Å²) in [6.45, 7) is 4.82. The van der Waals surface area contributed by atoms with E-state index in [1.54, 1.807) is 0 Å². The Morgan fingerprint density at radius 3 is 2.46 bits per heavy atom. The highest BCUT2D eigenvalue weighted by molar-refractivity contribution is 6.30. The zero-order valence-corrected chi connectivity index (χ0v) is 15.2. The molecule has 3 rings (SSSR count). The number of benzene rings is 1. The fourth-order valence-electron chi connectivity index (χ4n) is 2.71. The molecule has 3 aromatic rings. The number of rotatable bonds is 5. The number of imidazole rings is 1. The highest BCUT2D eigenvalue weighted by atomic mass is 35.5. The number of halogens is 1. The Morgan fingerprint density at radius 2 is 1.83 bits per heavy atom. The SMILES string of the molecule is CC(C)Oc1ccc(-c2nc3ccc(Cl)cn3c2CN(C)C)cc1. The van der Waals surface area contributed by atoms with Crippen LogP contribution in [0.15, 0.2) is 42.6 Å². The van der Waals surface area contributed by atoms with Crippen LogP contribution in [0.25, 0.3) is 16.9 Å². The van der Waals surface area contributed by atoms with Crippen LogP contribution in [0.4, 0.5) is 0 Å². The molecule has 24 heavy (non-hydrogen) atoms. The van der Waals surface area contributed by atoms with Crippen molar-refractivity contribution in [1.82, 2.24) is 14.3 Å². The average molecular weight is 344 g/mol. The van der Waals surface area contributed by atoms with Gasteiger partial charge in [-0.05, 0) is 64.3 Å². The predicted molar refractivity (Wildman–Crippen MR) is 98.8 cm³/mol. The molecule has 2 aromatic heterocycles. The van der Waals surface area contributed by atoms with Gasteiger partial charge in [0.2, 0.25) is 0 Å². The molecule has 126 valence electrons. The van der Waals surface area contributed by atoms with Gasteiger partial charge in [0.05, 0.1) is 22.5 Å². The quantitative estimate of drug-likeness (QED) is 0.683. The standard InChI is InChI=1S/C19H22ClN3O/c1-13(2)24-16-8-5-14(6-9-16)19-17(12-22(3)4)23-11-15(20)7-10-18(23)21-19/h5-11,13H,12H2,1-4H3. The molecule has 0 amide bonds. The van der Waals surface area contributed by atoms with E-state index in [2.05, 4.69) is 21.4 Å². The third kappa shape index (κ3) is 3.55. The van der Waals surface area contributed by atoms with Crippen molar-refractivity contribution in [2.45, 2.75) is 26.5 Å². The van der Waals surface area contributed by atoms with Crippen LogP contribution in [0.5, 0.6) is 5.75 Å². The van der Waals surface area contributed by atoms with Crippen molar-refractivity contribution in [3.63, 3.8) is 0 Å². The van der Waals surface area contributed by atoms with Gasteiger partial charge in [-0.1, -0.05) is 11.6 Å². The zero-order chi connectivity index (χ0) is 17.3. The van der Waals surface area contributed by atoms with E-state index in [1.165, 1.54) is 0 Å². The van der Waals surface area contributed by atoms with Gasteiger partial charge in [-0.15, -0.1) is 0 Å². The lowest BCUT2D eigenvalue weighted by atomic mass is 10.1. The maximum atomic E-state index is 6.17. The lowest BCUT2D eigenvalue weighted by Crippen LogP contribution is -2.13. The van der Waals surface area contributed by atoms with Crippen LogP contribution in [-0.4, -0.2) is 34.5 Å². The molecule has 0 fully saturated rings. The minimum absolute atomic E-state index is 0.164. The molecular formula is C19H22ClN3O. The van der Waals surface area contributed by atoms with Crippen LogP contribution in [-0.2, 0) is 6.54 Å². The fourth-order valence-corrected chi connectivity index (χ4v) is 2.87. The van der Waals surface area contributed by atoms with Crippen LogP contribution in [0.3, 0.4) is 0 Å². The van der Waals surface area contributed by atoms with Crippen LogP contribution in [0.2, 0.25) is 5.02 Å². The number of ether oxygens (including phenoxy) is 1.